The SMILES string of the molecule is Cc1ccc(-c2noc(CNC(=O)CSCc3ccccc3)n2)cc1. The number of rotatable bonds is 7. The van der Waals surface area contributed by atoms with Crippen molar-refractivity contribution in [3.8, 4) is 11.4 Å². The van der Waals surface area contributed by atoms with Gasteiger partial charge in [-0.1, -0.05) is 65.3 Å². The van der Waals surface area contributed by atoms with Gasteiger partial charge in [-0.2, -0.15) is 4.98 Å². The lowest BCUT2D eigenvalue weighted by Crippen LogP contribution is -2.24. The van der Waals surface area contributed by atoms with Gasteiger partial charge >= 0.3 is 0 Å². The van der Waals surface area contributed by atoms with E-state index in [1.807, 2.05) is 49.4 Å². The molecule has 5 nitrogen and oxygen atoms in total. The van der Waals surface area contributed by atoms with Crippen molar-refractivity contribution in [1.29, 1.82) is 0 Å². The van der Waals surface area contributed by atoms with Crippen LogP contribution in [0.1, 0.15) is 17.0 Å². The van der Waals surface area contributed by atoms with Crippen LogP contribution in [0, 0.1) is 6.92 Å². The third-order valence-corrected chi connectivity index (χ3v) is 4.56. The second-order valence-corrected chi connectivity index (χ2v) is 6.62. The molecule has 1 N–H and O–H groups in total. The van der Waals surface area contributed by atoms with Gasteiger partial charge in [-0.3, -0.25) is 4.79 Å². The van der Waals surface area contributed by atoms with Gasteiger partial charge in [0.25, 0.3) is 0 Å². The van der Waals surface area contributed by atoms with Gasteiger partial charge in [-0.05, 0) is 12.5 Å². The Bertz CT molecular complexity index is 816. The molecule has 1 aromatic heterocycles. The molecule has 25 heavy (non-hydrogen) atoms. The van der Waals surface area contributed by atoms with Crippen LogP contribution in [0.15, 0.2) is 59.1 Å². The maximum absolute atomic E-state index is 11.9. The second kappa shape index (κ2) is 8.48. The molecule has 0 saturated heterocycles. The summed E-state index contributed by atoms with van der Waals surface area (Å²) in [6.07, 6.45) is 0. The summed E-state index contributed by atoms with van der Waals surface area (Å²) in [4.78, 5) is 16.2. The van der Waals surface area contributed by atoms with E-state index in [-0.39, 0.29) is 12.5 Å². The Hall–Kier alpha value is -2.60. The third kappa shape index (κ3) is 5.19. The topological polar surface area (TPSA) is 68.0 Å². The van der Waals surface area contributed by atoms with Gasteiger partial charge in [0.05, 0.1) is 12.3 Å². The highest BCUT2D eigenvalue weighted by atomic mass is 32.2. The van der Waals surface area contributed by atoms with Crippen LogP contribution in [0.5, 0.6) is 0 Å². The van der Waals surface area contributed by atoms with Crippen LogP contribution >= 0.6 is 11.8 Å². The number of amides is 1. The maximum atomic E-state index is 11.9. The van der Waals surface area contributed by atoms with Gasteiger partial charge in [0.15, 0.2) is 0 Å². The van der Waals surface area contributed by atoms with Crippen LogP contribution in [0.4, 0.5) is 0 Å². The molecule has 3 rings (SSSR count). The average Bonchev–Trinajstić information content (AvgIpc) is 3.10. The Morgan fingerprint density at radius 1 is 1.12 bits per heavy atom. The number of thioether (sulfide) groups is 1. The number of nitrogens with zero attached hydrogens (tertiary/aromatic N) is 2. The molecule has 0 aliphatic rings. The first-order chi connectivity index (χ1) is 12.2. The Kier molecular flexibility index (Phi) is 5.85. The molecule has 0 aliphatic heterocycles. The van der Waals surface area contributed by atoms with Crippen molar-refractivity contribution in [2.24, 2.45) is 0 Å². The molecule has 0 spiro atoms. The number of aromatic nitrogens is 2. The van der Waals surface area contributed by atoms with Gasteiger partial charge in [-0.15, -0.1) is 11.8 Å². The Balaban J connectivity index is 1.44. The first-order valence-electron chi connectivity index (χ1n) is 7.99. The Labute approximate surface area is 150 Å². The molecular formula is C19H19N3O2S. The quantitative estimate of drug-likeness (QED) is 0.703. The maximum Gasteiger partial charge on any atom is 0.246 e. The van der Waals surface area contributed by atoms with Crippen LogP contribution < -0.4 is 5.32 Å². The van der Waals surface area contributed by atoms with Gasteiger partial charge in [0.1, 0.15) is 0 Å². The summed E-state index contributed by atoms with van der Waals surface area (Å²) < 4.78 is 5.19. The lowest BCUT2D eigenvalue weighted by molar-refractivity contribution is -0.118. The summed E-state index contributed by atoms with van der Waals surface area (Å²) in [6, 6.07) is 18.0. The summed E-state index contributed by atoms with van der Waals surface area (Å²) in [5.41, 5.74) is 3.28. The molecule has 0 fully saturated rings. The molecule has 6 heteroatoms. The van der Waals surface area contributed by atoms with Gasteiger partial charge < -0.3 is 9.84 Å². The highest BCUT2D eigenvalue weighted by Gasteiger charge is 2.10. The molecule has 0 atom stereocenters. The van der Waals surface area contributed by atoms with Crippen molar-refractivity contribution in [2.45, 2.75) is 19.2 Å². The highest BCUT2D eigenvalue weighted by Crippen LogP contribution is 2.16. The molecular weight excluding hydrogens is 334 g/mol. The minimum atomic E-state index is -0.0454. The lowest BCUT2D eigenvalue weighted by atomic mass is 10.1. The van der Waals surface area contributed by atoms with Crippen molar-refractivity contribution < 1.29 is 9.32 Å². The van der Waals surface area contributed by atoms with E-state index in [9.17, 15) is 4.79 Å². The fourth-order valence-electron chi connectivity index (χ4n) is 2.21. The molecule has 128 valence electrons. The van der Waals surface area contributed by atoms with Crippen LogP contribution in [0.25, 0.3) is 11.4 Å². The predicted octanol–water partition coefficient (Wildman–Crippen LogP) is 3.59. The zero-order chi connectivity index (χ0) is 17.5. The number of hydrogen-bond donors (Lipinski definition) is 1. The normalized spacial score (nSPS) is 10.6. The second-order valence-electron chi connectivity index (χ2n) is 5.63. The van der Waals surface area contributed by atoms with E-state index >= 15 is 0 Å². The van der Waals surface area contributed by atoms with Crippen molar-refractivity contribution in [1.82, 2.24) is 15.5 Å². The summed E-state index contributed by atoms with van der Waals surface area (Å²) in [5, 5.41) is 6.76. The van der Waals surface area contributed by atoms with Crippen molar-refractivity contribution in [2.75, 3.05) is 5.75 Å². The largest absolute Gasteiger partial charge is 0.346 e. The molecule has 0 bridgehead atoms. The van der Waals surface area contributed by atoms with Gasteiger partial charge in [0, 0.05) is 11.3 Å². The number of carbonyl (C=O) groups is 1. The lowest BCUT2D eigenvalue weighted by Gasteiger charge is -2.03. The highest BCUT2D eigenvalue weighted by molar-refractivity contribution is 7.99. The number of benzene rings is 2. The summed E-state index contributed by atoms with van der Waals surface area (Å²) in [7, 11) is 0. The number of nitrogens with one attached hydrogen (secondary N) is 1. The van der Waals surface area contributed by atoms with E-state index in [2.05, 4.69) is 27.6 Å². The molecule has 3 aromatic rings. The summed E-state index contributed by atoms with van der Waals surface area (Å²) in [6.45, 7) is 2.26. The van der Waals surface area contributed by atoms with E-state index in [1.165, 1.54) is 11.1 Å². The number of aryl methyl sites for hydroxylation is 1. The predicted molar refractivity (Wildman–Crippen MR) is 98.9 cm³/mol. The van der Waals surface area contributed by atoms with Crippen LogP contribution in [-0.4, -0.2) is 21.8 Å². The minimum Gasteiger partial charge on any atom is -0.346 e. The van der Waals surface area contributed by atoms with E-state index in [1.54, 1.807) is 11.8 Å². The molecule has 0 saturated carbocycles. The number of carbonyl (C=O) groups excluding carboxylic acids is 1. The van der Waals surface area contributed by atoms with Crippen LogP contribution in [0.2, 0.25) is 0 Å². The van der Waals surface area contributed by atoms with Gasteiger partial charge in [-0.25, -0.2) is 0 Å². The van der Waals surface area contributed by atoms with Crippen LogP contribution in [-0.2, 0) is 17.1 Å². The Morgan fingerprint density at radius 3 is 2.64 bits per heavy atom. The average molecular weight is 353 g/mol. The van der Waals surface area contributed by atoms with Crippen molar-refractivity contribution >= 4 is 17.7 Å². The van der Waals surface area contributed by atoms with Gasteiger partial charge in [0.2, 0.25) is 17.6 Å². The first kappa shape index (κ1) is 17.2. The fourth-order valence-corrected chi connectivity index (χ4v) is 3.03. The van der Waals surface area contributed by atoms with E-state index in [4.69, 9.17) is 4.52 Å². The standard InChI is InChI=1S/C19H19N3O2S/c1-14-7-9-16(10-8-14)19-21-18(24-22-19)11-20-17(23)13-25-12-15-5-3-2-4-6-15/h2-10H,11-13H2,1H3,(H,20,23). The number of hydrogen-bond acceptors (Lipinski definition) is 5. The molecule has 1 heterocycles. The summed E-state index contributed by atoms with van der Waals surface area (Å²) in [5.74, 6) is 2.09. The molecule has 0 radical (unpaired) electrons. The molecule has 0 aliphatic carbocycles. The molecule has 0 unspecified atom stereocenters. The van der Waals surface area contributed by atoms with Crippen molar-refractivity contribution in [3.63, 3.8) is 0 Å². The van der Waals surface area contributed by atoms with Crippen LogP contribution in [0.3, 0.4) is 0 Å². The molecule has 1 amide bonds. The Morgan fingerprint density at radius 2 is 1.88 bits per heavy atom. The zero-order valence-electron chi connectivity index (χ0n) is 13.9. The fraction of sp³-hybridized carbons (Fsp3) is 0.211. The first-order valence-corrected chi connectivity index (χ1v) is 9.14. The van der Waals surface area contributed by atoms with E-state index < -0.39 is 0 Å². The minimum absolute atomic E-state index is 0.0454. The summed E-state index contributed by atoms with van der Waals surface area (Å²) >= 11 is 1.57. The smallest absolute Gasteiger partial charge is 0.246 e. The van der Waals surface area contributed by atoms with E-state index in [0.29, 0.717) is 17.5 Å². The monoisotopic (exact) mass is 353 g/mol. The van der Waals surface area contributed by atoms with Crippen molar-refractivity contribution in [3.05, 3.63) is 71.6 Å². The third-order valence-electron chi connectivity index (χ3n) is 3.56. The van der Waals surface area contributed by atoms with E-state index in [0.717, 1.165) is 11.3 Å². The zero-order valence-corrected chi connectivity index (χ0v) is 14.8. The molecule has 2 aromatic carbocycles.